The lowest BCUT2D eigenvalue weighted by Gasteiger charge is -2.02. The quantitative estimate of drug-likeness (QED) is 0.504. The van der Waals surface area contributed by atoms with Gasteiger partial charge in [-0.3, -0.25) is 0 Å². The second-order valence-electron chi connectivity index (χ2n) is 3.32. The van der Waals surface area contributed by atoms with E-state index >= 15 is 0 Å². The number of aryl methyl sites for hydroxylation is 1. The first-order chi connectivity index (χ1) is 7.83. The van der Waals surface area contributed by atoms with E-state index in [0.29, 0.717) is 0 Å². The minimum Gasteiger partial charge on any atom is -0.329 e. The largest absolute Gasteiger partial charge is 0.329 e. The van der Waals surface area contributed by atoms with E-state index in [1.807, 2.05) is 34.5 Å². The summed E-state index contributed by atoms with van der Waals surface area (Å²) in [7, 11) is 0. The molecule has 0 spiro atoms. The molecule has 0 aliphatic heterocycles. The number of aromatic amines is 1. The Morgan fingerprint density at radius 2 is 2.50 bits per heavy atom. The summed E-state index contributed by atoms with van der Waals surface area (Å²) in [5.74, 6) is 1.99. The van der Waals surface area contributed by atoms with Crippen LogP contribution in [0.25, 0.3) is 11.2 Å². The zero-order valence-corrected chi connectivity index (χ0v) is 10.5. The van der Waals surface area contributed by atoms with Crippen molar-refractivity contribution in [1.82, 2.24) is 14.5 Å². The molecule has 0 fully saturated rings. The number of hydrogen-bond acceptors (Lipinski definition) is 3. The second-order valence-corrected chi connectivity index (χ2v) is 4.86. The van der Waals surface area contributed by atoms with Crippen LogP contribution in [-0.2, 0) is 6.54 Å². The van der Waals surface area contributed by atoms with Gasteiger partial charge in [-0.25, -0.2) is 4.98 Å². The number of aromatic nitrogens is 3. The van der Waals surface area contributed by atoms with Crippen LogP contribution in [0.1, 0.15) is 0 Å². The van der Waals surface area contributed by atoms with Crippen LogP contribution in [-0.4, -0.2) is 26.0 Å². The summed E-state index contributed by atoms with van der Waals surface area (Å²) < 4.78 is 2.79. The van der Waals surface area contributed by atoms with Crippen LogP contribution in [0.15, 0.2) is 31.0 Å². The number of fused-ring (bicyclic) bond motifs is 1. The zero-order chi connectivity index (χ0) is 11.4. The van der Waals surface area contributed by atoms with Gasteiger partial charge in [0, 0.05) is 24.2 Å². The van der Waals surface area contributed by atoms with Crippen molar-refractivity contribution < 1.29 is 0 Å². The predicted octanol–water partition coefficient (Wildman–Crippen LogP) is 3.01. The summed E-state index contributed by atoms with van der Waals surface area (Å²) in [4.78, 5) is 7.49. The molecule has 0 saturated heterocycles. The van der Waals surface area contributed by atoms with Gasteiger partial charge in [0.05, 0.1) is 5.52 Å². The third-order valence-corrected chi connectivity index (χ3v) is 3.49. The summed E-state index contributed by atoms with van der Waals surface area (Å²) in [6, 6.07) is 3.90. The highest BCUT2D eigenvalue weighted by atomic mass is 32.2. The van der Waals surface area contributed by atoms with Crippen molar-refractivity contribution in [3.05, 3.63) is 35.8 Å². The average Bonchev–Trinajstić information content (AvgIpc) is 2.61. The Labute approximate surface area is 104 Å². The lowest BCUT2D eigenvalue weighted by Crippen LogP contribution is -2.01. The fourth-order valence-corrected chi connectivity index (χ4v) is 2.45. The first kappa shape index (κ1) is 11.4. The molecule has 16 heavy (non-hydrogen) atoms. The van der Waals surface area contributed by atoms with Crippen LogP contribution in [0, 0.1) is 4.77 Å². The molecule has 2 aromatic heterocycles. The zero-order valence-electron chi connectivity index (χ0n) is 8.85. The highest BCUT2D eigenvalue weighted by Crippen LogP contribution is 2.11. The van der Waals surface area contributed by atoms with Crippen LogP contribution >= 0.6 is 24.0 Å². The molecule has 5 heteroatoms. The van der Waals surface area contributed by atoms with E-state index in [1.165, 1.54) is 0 Å². The number of imidazole rings is 1. The molecule has 0 unspecified atom stereocenters. The number of nitrogens with zero attached hydrogens (tertiary/aromatic N) is 2. The number of rotatable bonds is 5. The highest BCUT2D eigenvalue weighted by molar-refractivity contribution is 7.99. The molecule has 2 heterocycles. The second kappa shape index (κ2) is 5.32. The van der Waals surface area contributed by atoms with Gasteiger partial charge in [-0.1, -0.05) is 6.08 Å². The molecule has 84 valence electrons. The van der Waals surface area contributed by atoms with Crippen molar-refractivity contribution >= 4 is 35.1 Å². The fourth-order valence-electron chi connectivity index (χ4n) is 1.52. The van der Waals surface area contributed by atoms with Crippen LogP contribution < -0.4 is 0 Å². The first-order valence-corrected chi connectivity index (χ1v) is 6.61. The van der Waals surface area contributed by atoms with E-state index in [0.717, 1.165) is 34.0 Å². The van der Waals surface area contributed by atoms with E-state index in [2.05, 4.69) is 16.5 Å². The van der Waals surface area contributed by atoms with Gasteiger partial charge >= 0.3 is 0 Å². The topological polar surface area (TPSA) is 33.6 Å². The number of H-pyrrole nitrogens is 1. The van der Waals surface area contributed by atoms with Gasteiger partial charge in [0.1, 0.15) is 0 Å². The first-order valence-electron chi connectivity index (χ1n) is 5.05. The Bertz CT molecular complexity index is 541. The van der Waals surface area contributed by atoms with Gasteiger partial charge in [0.2, 0.25) is 0 Å². The summed E-state index contributed by atoms with van der Waals surface area (Å²) in [6.07, 6.45) is 3.70. The smallest absolute Gasteiger partial charge is 0.179 e. The van der Waals surface area contributed by atoms with Crippen LogP contribution in [0.2, 0.25) is 0 Å². The van der Waals surface area contributed by atoms with Gasteiger partial charge in [0.25, 0.3) is 0 Å². The maximum absolute atomic E-state index is 5.27. The molecule has 2 aromatic rings. The third-order valence-electron chi connectivity index (χ3n) is 2.22. The molecule has 2 rings (SSSR count). The monoisotopic (exact) mass is 251 g/mol. The van der Waals surface area contributed by atoms with Crippen molar-refractivity contribution in [2.24, 2.45) is 0 Å². The summed E-state index contributed by atoms with van der Waals surface area (Å²) in [5.41, 5.74) is 1.94. The van der Waals surface area contributed by atoms with Crippen LogP contribution in [0.4, 0.5) is 0 Å². The molecule has 1 N–H and O–H groups in total. The summed E-state index contributed by atoms with van der Waals surface area (Å²) >= 11 is 7.11. The molecule has 0 aliphatic carbocycles. The Kier molecular flexibility index (Phi) is 3.79. The van der Waals surface area contributed by atoms with E-state index < -0.39 is 0 Å². The molecule has 0 atom stereocenters. The summed E-state index contributed by atoms with van der Waals surface area (Å²) in [5, 5.41) is 0. The normalized spacial score (nSPS) is 10.8. The van der Waals surface area contributed by atoms with Crippen molar-refractivity contribution in [2.45, 2.75) is 6.54 Å². The minimum absolute atomic E-state index is 0.743. The van der Waals surface area contributed by atoms with Crippen molar-refractivity contribution in [1.29, 1.82) is 0 Å². The van der Waals surface area contributed by atoms with E-state index in [9.17, 15) is 0 Å². The minimum atomic E-state index is 0.743. The van der Waals surface area contributed by atoms with E-state index in [-0.39, 0.29) is 0 Å². The van der Waals surface area contributed by atoms with Gasteiger partial charge in [-0.15, -0.1) is 6.58 Å². The Hall–Kier alpha value is -1.07. The standard InChI is InChI=1S/C11H13N3S2/c1-2-7-16-8-6-14-10-9(13-11(14)15)4-3-5-12-10/h2-5H,1,6-8H2,(H,13,15). The predicted molar refractivity (Wildman–Crippen MR) is 72.4 cm³/mol. The number of thioether (sulfide) groups is 1. The molecule has 0 aromatic carbocycles. The van der Waals surface area contributed by atoms with Crippen molar-refractivity contribution in [3.8, 4) is 0 Å². The van der Waals surface area contributed by atoms with Gasteiger partial charge in [-0.05, 0) is 24.4 Å². The van der Waals surface area contributed by atoms with Crippen LogP contribution in [0.5, 0.6) is 0 Å². The maximum atomic E-state index is 5.27. The molecule has 3 nitrogen and oxygen atoms in total. The molecule has 0 aliphatic rings. The number of nitrogens with one attached hydrogen (secondary N) is 1. The lowest BCUT2D eigenvalue weighted by atomic mass is 10.4. The van der Waals surface area contributed by atoms with E-state index in [1.54, 1.807) is 6.20 Å². The molecule has 0 bridgehead atoms. The molecule has 0 saturated carbocycles. The van der Waals surface area contributed by atoms with Crippen LogP contribution in [0.3, 0.4) is 0 Å². The highest BCUT2D eigenvalue weighted by Gasteiger charge is 2.03. The molecule has 0 amide bonds. The van der Waals surface area contributed by atoms with Gasteiger partial charge < -0.3 is 9.55 Å². The lowest BCUT2D eigenvalue weighted by molar-refractivity contribution is 0.775. The van der Waals surface area contributed by atoms with Gasteiger partial charge in [0.15, 0.2) is 10.4 Å². The van der Waals surface area contributed by atoms with Crippen molar-refractivity contribution in [2.75, 3.05) is 11.5 Å². The molecular formula is C11H13N3S2. The Morgan fingerprint density at radius 3 is 3.31 bits per heavy atom. The fraction of sp³-hybridized carbons (Fsp3) is 0.273. The van der Waals surface area contributed by atoms with E-state index in [4.69, 9.17) is 12.2 Å². The Balaban J connectivity index is 2.19. The SMILES string of the molecule is C=CCSCCn1c(=S)[nH]c2cccnc21. The number of hydrogen-bond donors (Lipinski definition) is 1. The average molecular weight is 251 g/mol. The Morgan fingerprint density at radius 1 is 1.62 bits per heavy atom. The van der Waals surface area contributed by atoms with Crippen molar-refractivity contribution in [3.63, 3.8) is 0 Å². The number of pyridine rings is 1. The maximum Gasteiger partial charge on any atom is 0.179 e. The summed E-state index contributed by atoms with van der Waals surface area (Å²) in [6.45, 7) is 4.58. The molecule has 0 radical (unpaired) electrons. The molecular weight excluding hydrogens is 238 g/mol. The van der Waals surface area contributed by atoms with Gasteiger partial charge in [-0.2, -0.15) is 11.8 Å². The third kappa shape index (κ3) is 2.36.